The number of sulfonamides is 1. The lowest BCUT2D eigenvalue weighted by Gasteiger charge is -2.29. The summed E-state index contributed by atoms with van der Waals surface area (Å²) in [4.78, 5) is 28.7. The van der Waals surface area contributed by atoms with E-state index in [1.54, 1.807) is 18.5 Å². The van der Waals surface area contributed by atoms with Gasteiger partial charge in [-0.3, -0.25) is 9.59 Å². The van der Waals surface area contributed by atoms with Crippen molar-refractivity contribution in [2.75, 3.05) is 25.0 Å². The Morgan fingerprint density at radius 3 is 2.32 bits per heavy atom. The molecular formula is C21H28N4O5S. The lowest BCUT2D eigenvalue weighted by molar-refractivity contribution is -0.152. The number of hydrogen-bond donors (Lipinski definition) is 1. The first-order valence-corrected chi connectivity index (χ1v) is 11.6. The second-order valence-corrected chi connectivity index (χ2v) is 9.72. The second kappa shape index (κ2) is 9.19. The van der Waals surface area contributed by atoms with E-state index in [1.165, 1.54) is 10.5 Å². The van der Waals surface area contributed by atoms with E-state index in [0.717, 1.165) is 11.1 Å². The number of imidazole rings is 1. The van der Waals surface area contributed by atoms with Crippen molar-refractivity contribution >= 4 is 27.6 Å². The Balaban J connectivity index is 1.50. The quantitative estimate of drug-likeness (QED) is 0.676. The molecule has 1 saturated heterocycles. The lowest BCUT2D eigenvalue weighted by Crippen LogP contribution is -2.41. The van der Waals surface area contributed by atoms with Gasteiger partial charge in [0.05, 0.1) is 5.92 Å². The first-order chi connectivity index (χ1) is 14.6. The van der Waals surface area contributed by atoms with E-state index >= 15 is 0 Å². The Labute approximate surface area is 182 Å². The molecule has 2 aromatic rings. The minimum absolute atomic E-state index is 0.0108. The van der Waals surface area contributed by atoms with Gasteiger partial charge in [-0.1, -0.05) is 18.2 Å². The van der Waals surface area contributed by atoms with Gasteiger partial charge in [-0.2, -0.15) is 4.31 Å². The van der Waals surface area contributed by atoms with Crippen LogP contribution in [-0.2, 0) is 31.4 Å². The van der Waals surface area contributed by atoms with Gasteiger partial charge in [0, 0.05) is 32.0 Å². The van der Waals surface area contributed by atoms with E-state index in [9.17, 15) is 18.0 Å². The number of nitrogens with one attached hydrogen (secondary N) is 1. The molecule has 0 radical (unpaired) electrons. The van der Waals surface area contributed by atoms with Gasteiger partial charge >= 0.3 is 5.97 Å². The van der Waals surface area contributed by atoms with E-state index in [1.807, 2.05) is 32.0 Å². The largest absolute Gasteiger partial charge is 0.455 e. The number of carbonyl (C=O) groups is 2. The molecule has 0 bridgehead atoms. The highest BCUT2D eigenvalue weighted by molar-refractivity contribution is 7.89. The van der Waals surface area contributed by atoms with E-state index < -0.39 is 27.8 Å². The Morgan fingerprint density at radius 1 is 1.16 bits per heavy atom. The number of benzene rings is 1. The van der Waals surface area contributed by atoms with Crippen LogP contribution in [0.1, 0.15) is 29.8 Å². The van der Waals surface area contributed by atoms with Crippen LogP contribution in [0.25, 0.3) is 0 Å². The van der Waals surface area contributed by atoms with Crippen molar-refractivity contribution in [2.24, 2.45) is 13.0 Å². The number of nitrogens with zero attached hydrogens (tertiary/aromatic N) is 3. The first kappa shape index (κ1) is 23.0. The third-order valence-electron chi connectivity index (χ3n) is 5.57. The number of esters is 1. The van der Waals surface area contributed by atoms with Crippen LogP contribution in [0.3, 0.4) is 0 Å². The van der Waals surface area contributed by atoms with Crippen LogP contribution in [0.15, 0.2) is 29.4 Å². The van der Waals surface area contributed by atoms with E-state index in [4.69, 9.17) is 4.74 Å². The molecule has 168 valence electrons. The van der Waals surface area contributed by atoms with Gasteiger partial charge in [0.1, 0.15) is 5.82 Å². The summed E-state index contributed by atoms with van der Waals surface area (Å²) >= 11 is 0. The number of amides is 1. The number of para-hydroxylation sites is 1. The van der Waals surface area contributed by atoms with Crippen molar-refractivity contribution in [1.29, 1.82) is 0 Å². The Morgan fingerprint density at radius 2 is 1.77 bits per heavy atom. The maximum Gasteiger partial charge on any atom is 0.309 e. The van der Waals surface area contributed by atoms with Crippen LogP contribution >= 0.6 is 0 Å². The highest BCUT2D eigenvalue weighted by Gasteiger charge is 2.34. The monoisotopic (exact) mass is 448 g/mol. The molecule has 1 aromatic heterocycles. The summed E-state index contributed by atoms with van der Waals surface area (Å²) in [6, 6.07) is 5.69. The number of aromatic nitrogens is 2. The normalized spacial score (nSPS) is 15.6. The molecule has 3 rings (SSSR count). The molecule has 1 aromatic carbocycles. The van der Waals surface area contributed by atoms with Crippen molar-refractivity contribution in [3.8, 4) is 0 Å². The standard InChI is InChI=1S/C21H28N4O5S/c1-14-6-5-7-15(2)20(14)23-18(26)13-30-21(27)17-8-10-25(11-9-17)31(28,29)19-12-24(4)16(3)22-19/h5-7,12,17H,8-11,13H2,1-4H3,(H,23,26). The zero-order valence-corrected chi connectivity index (χ0v) is 19.0. The smallest absolute Gasteiger partial charge is 0.309 e. The Hall–Kier alpha value is -2.72. The number of hydrogen-bond acceptors (Lipinski definition) is 6. The third-order valence-corrected chi connectivity index (χ3v) is 7.34. The van der Waals surface area contributed by atoms with Gasteiger partial charge in [0.15, 0.2) is 11.6 Å². The molecule has 10 heteroatoms. The van der Waals surface area contributed by atoms with Gasteiger partial charge in [-0.05, 0) is 44.7 Å². The molecule has 1 fully saturated rings. The van der Waals surface area contributed by atoms with E-state index in [-0.39, 0.29) is 24.7 Å². The molecule has 1 aliphatic heterocycles. The predicted molar refractivity (Wildman–Crippen MR) is 115 cm³/mol. The Bertz CT molecular complexity index is 1050. The molecule has 0 spiro atoms. The topological polar surface area (TPSA) is 111 Å². The van der Waals surface area contributed by atoms with Crippen LogP contribution in [0, 0.1) is 26.7 Å². The maximum atomic E-state index is 12.8. The zero-order valence-electron chi connectivity index (χ0n) is 18.2. The molecule has 0 aliphatic carbocycles. The van der Waals surface area contributed by atoms with E-state index in [0.29, 0.717) is 24.4 Å². The van der Waals surface area contributed by atoms with Gasteiger partial charge in [-0.25, -0.2) is 13.4 Å². The summed E-state index contributed by atoms with van der Waals surface area (Å²) in [6.07, 6.45) is 2.16. The summed E-state index contributed by atoms with van der Waals surface area (Å²) in [7, 11) is -1.96. The summed E-state index contributed by atoms with van der Waals surface area (Å²) in [6.45, 7) is 5.54. The summed E-state index contributed by atoms with van der Waals surface area (Å²) in [5, 5.41) is 2.79. The van der Waals surface area contributed by atoms with Crippen LogP contribution in [-0.4, -0.2) is 53.8 Å². The molecule has 2 heterocycles. The lowest BCUT2D eigenvalue weighted by atomic mass is 9.98. The number of carbonyl (C=O) groups excluding carboxylic acids is 2. The molecule has 1 amide bonds. The number of piperidine rings is 1. The minimum atomic E-state index is -3.70. The fourth-order valence-corrected chi connectivity index (χ4v) is 5.05. The van der Waals surface area contributed by atoms with Crippen LogP contribution < -0.4 is 5.32 Å². The predicted octanol–water partition coefficient (Wildman–Crippen LogP) is 1.93. The molecule has 0 saturated carbocycles. The van der Waals surface area contributed by atoms with Gasteiger partial charge < -0.3 is 14.6 Å². The molecule has 9 nitrogen and oxygen atoms in total. The fourth-order valence-electron chi connectivity index (χ4n) is 3.56. The number of aryl methyl sites for hydroxylation is 4. The van der Waals surface area contributed by atoms with Gasteiger partial charge in [-0.15, -0.1) is 0 Å². The van der Waals surface area contributed by atoms with Crippen LogP contribution in [0.4, 0.5) is 5.69 Å². The fraction of sp³-hybridized carbons (Fsp3) is 0.476. The molecule has 0 atom stereocenters. The highest BCUT2D eigenvalue weighted by atomic mass is 32.2. The maximum absolute atomic E-state index is 12.8. The van der Waals surface area contributed by atoms with Gasteiger partial charge in [0.25, 0.3) is 15.9 Å². The third kappa shape index (κ3) is 5.13. The average Bonchev–Trinajstić information content (AvgIpc) is 3.08. The minimum Gasteiger partial charge on any atom is -0.455 e. The van der Waals surface area contributed by atoms with Crippen LogP contribution in [0.5, 0.6) is 0 Å². The molecular weight excluding hydrogens is 420 g/mol. The number of anilines is 1. The Kier molecular flexibility index (Phi) is 6.80. The van der Waals surface area contributed by atoms with Crippen LogP contribution in [0.2, 0.25) is 0 Å². The molecule has 1 aliphatic rings. The van der Waals surface area contributed by atoms with E-state index in [2.05, 4.69) is 10.3 Å². The van der Waals surface area contributed by atoms with Crippen molar-refractivity contribution in [2.45, 2.75) is 38.6 Å². The molecule has 0 unspecified atom stereocenters. The number of rotatable bonds is 6. The summed E-state index contributed by atoms with van der Waals surface area (Å²) < 4.78 is 33.7. The summed E-state index contributed by atoms with van der Waals surface area (Å²) in [5.74, 6) is -0.722. The van der Waals surface area contributed by atoms with Crippen molar-refractivity contribution in [3.63, 3.8) is 0 Å². The SMILES string of the molecule is Cc1cccc(C)c1NC(=O)COC(=O)C1CCN(S(=O)(=O)c2cn(C)c(C)n2)CC1. The second-order valence-electron chi connectivity index (χ2n) is 7.84. The van der Waals surface area contributed by atoms with Crippen molar-refractivity contribution in [1.82, 2.24) is 13.9 Å². The highest BCUT2D eigenvalue weighted by Crippen LogP contribution is 2.24. The van der Waals surface area contributed by atoms with Crippen molar-refractivity contribution in [3.05, 3.63) is 41.3 Å². The van der Waals surface area contributed by atoms with Gasteiger partial charge in [0.2, 0.25) is 0 Å². The zero-order chi connectivity index (χ0) is 22.8. The van der Waals surface area contributed by atoms with Crippen molar-refractivity contribution < 1.29 is 22.7 Å². The number of ether oxygens (including phenoxy) is 1. The molecule has 1 N–H and O–H groups in total. The summed E-state index contributed by atoms with van der Waals surface area (Å²) in [5.41, 5.74) is 2.57. The molecule has 31 heavy (non-hydrogen) atoms. The average molecular weight is 449 g/mol. The first-order valence-electron chi connectivity index (χ1n) is 10.1.